The van der Waals surface area contributed by atoms with E-state index in [-0.39, 0.29) is 6.61 Å². The average Bonchev–Trinajstić information content (AvgIpc) is 2.45. The summed E-state index contributed by atoms with van der Waals surface area (Å²) in [5.41, 5.74) is 0.353. The summed E-state index contributed by atoms with van der Waals surface area (Å²) in [6, 6.07) is 6.00. The first-order valence-corrected chi connectivity index (χ1v) is 6.77. The highest BCUT2D eigenvalue weighted by molar-refractivity contribution is 5.95. The topological polar surface area (TPSA) is 84.5 Å². The van der Waals surface area contributed by atoms with Crippen molar-refractivity contribution in [3.8, 4) is 5.75 Å². The van der Waals surface area contributed by atoms with Gasteiger partial charge in [0.25, 0.3) is 5.91 Å². The van der Waals surface area contributed by atoms with Gasteiger partial charge in [0.2, 0.25) is 0 Å². The molecule has 0 aliphatic rings. The van der Waals surface area contributed by atoms with Gasteiger partial charge in [-0.1, -0.05) is 26.0 Å². The Labute approximate surface area is 123 Å². The number of benzene rings is 1. The second-order valence-electron chi connectivity index (χ2n) is 4.93. The second kappa shape index (κ2) is 8.73. The SMILES string of the molecule is CC(C)CCNC(=O)NC(=O)COc1ccccc1C=O. The second-order valence-corrected chi connectivity index (χ2v) is 4.93. The minimum Gasteiger partial charge on any atom is -0.483 e. The van der Waals surface area contributed by atoms with Crippen molar-refractivity contribution in [2.24, 2.45) is 5.92 Å². The average molecular weight is 292 g/mol. The number of hydrogen-bond acceptors (Lipinski definition) is 4. The number of hydrogen-bond donors (Lipinski definition) is 2. The van der Waals surface area contributed by atoms with Gasteiger partial charge in [0, 0.05) is 6.54 Å². The molecule has 0 spiro atoms. The number of para-hydroxylation sites is 1. The van der Waals surface area contributed by atoms with Gasteiger partial charge >= 0.3 is 6.03 Å². The van der Waals surface area contributed by atoms with Crippen LogP contribution in [-0.2, 0) is 4.79 Å². The lowest BCUT2D eigenvalue weighted by molar-refractivity contribution is -0.122. The van der Waals surface area contributed by atoms with Gasteiger partial charge in [-0.3, -0.25) is 14.9 Å². The van der Waals surface area contributed by atoms with Gasteiger partial charge < -0.3 is 10.1 Å². The van der Waals surface area contributed by atoms with E-state index >= 15 is 0 Å². The fourth-order valence-electron chi connectivity index (χ4n) is 1.53. The Morgan fingerprint density at radius 1 is 1.29 bits per heavy atom. The Morgan fingerprint density at radius 3 is 2.67 bits per heavy atom. The van der Waals surface area contributed by atoms with E-state index in [1.54, 1.807) is 24.3 Å². The maximum atomic E-state index is 11.5. The van der Waals surface area contributed by atoms with Crippen molar-refractivity contribution in [1.82, 2.24) is 10.6 Å². The molecule has 0 heterocycles. The normalized spacial score (nSPS) is 10.0. The minimum atomic E-state index is -0.572. The molecule has 6 heteroatoms. The van der Waals surface area contributed by atoms with Crippen LogP contribution in [0.25, 0.3) is 0 Å². The number of nitrogens with one attached hydrogen (secondary N) is 2. The third-order valence-corrected chi connectivity index (χ3v) is 2.66. The van der Waals surface area contributed by atoms with E-state index in [0.717, 1.165) is 6.42 Å². The number of ether oxygens (including phenoxy) is 1. The monoisotopic (exact) mass is 292 g/mol. The van der Waals surface area contributed by atoms with Gasteiger partial charge in [-0.05, 0) is 24.5 Å². The molecule has 1 rings (SSSR count). The maximum Gasteiger partial charge on any atom is 0.321 e. The summed E-state index contributed by atoms with van der Waals surface area (Å²) in [5, 5.41) is 4.74. The van der Waals surface area contributed by atoms with Crippen LogP contribution in [0.3, 0.4) is 0 Å². The Bertz CT molecular complexity index is 500. The van der Waals surface area contributed by atoms with Gasteiger partial charge in [0.05, 0.1) is 5.56 Å². The van der Waals surface area contributed by atoms with E-state index in [2.05, 4.69) is 10.6 Å². The molecular weight excluding hydrogens is 272 g/mol. The quantitative estimate of drug-likeness (QED) is 0.750. The van der Waals surface area contributed by atoms with E-state index in [1.165, 1.54) is 0 Å². The standard InChI is InChI=1S/C15H20N2O4/c1-11(2)7-8-16-15(20)17-14(19)10-21-13-6-4-3-5-12(13)9-18/h3-6,9,11H,7-8,10H2,1-2H3,(H2,16,17,19,20). The van der Waals surface area contributed by atoms with E-state index in [4.69, 9.17) is 4.74 Å². The molecule has 0 fully saturated rings. The number of rotatable bonds is 7. The Kier molecular flexibility index (Phi) is 6.94. The molecule has 1 aromatic rings. The van der Waals surface area contributed by atoms with Crippen molar-refractivity contribution in [3.05, 3.63) is 29.8 Å². The molecule has 3 amide bonds. The van der Waals surface area contributed by atoms with E-state index in [1.807, 2.05) is 13.8 Å². The first kappa shape index (κ1) is 16.7. The number of carbonyl (C=O) groups excluding carboxylic acids is 3. The van der Waals surface area contributed by atoms with Crippen LogP contribution in [0.2, 0.25) is 0 Å². The molecule has 0 aliphatic carbocycles. The fraction of sp³-hybridized carbons (Fsp3) is 0.400. The molecule has 0 saturated heterocycles. The molecule has 114 valence electrons. The molecule has 0 unspecified atom stereocenters. The van der Waals surface area contributed by atoms with E-state index in [9.17, 15) is 14.4 Å². The van der Waals surface area contributed by atoms with Crippen molar-refractivity contribution in [2.75, 3.05) is 13.2 Å². The van der Waals surface area contributed by atoms with Crippen molar-refractivity contribution in [3.63, 3.8) is 0 Å². The van der Waals surface area contributed by atoms with Crippen LogP contribution in [0, 0.1) is 5.92 Å². The molecule has 21 heavy (non-hydrogen) atoms. The summed E-state index contributed by atoms with van der Waals surface area (Å²) in [5.74, 6) is 0.213. The molecule has 0 bridgehead atoms. The fourth-order valence-corrected chi connectivity index (χ4v) is 1.53. The largest absolute Gasteiger partial charge is 0.483 e. The van der Waals surface area contributed by atoms with Crippen molar-refractivity contribution in [1.29, 1.82) is 0 Å². The van der Waals surface area contributed by atoms with Crippen LogP contribution in [-0.4, -0.2) is 31.4 Å². The van der Waals surface area contributed by atoms with Crippen LogP contribution >= 0.6 is 0 Å². The number of aldehydes is 1. The van der Waals surface area contributed by atoms with Crippen LogP contribution in [0.15, 0.2) is 24.3 Å². The van der Waals surface area contributed by atoms with Crippen LogP contribution in [0.5, 0.6) is 5.75 Å². The molecule has 0 atom stereocenters. The zero-order valence-corrected chi connectivity index (χ0v) is 12.2. The number of carbonyl (C=O) groups is 3. The summed E-state index contributed by atoms with van der Waals surface area (Å²) in [4.78, 5) is 33.7. The molecular formula is C15H20N2O4. The van der Waals surface area contributed by atoms with Crippen LogP contribution in [0.1, 0.15) is 30.6 Å². The molecule has 0 saturated carbocycles. The minimum absolute atomic E-state index is 0.308. The third kappa shape index (κ3) is 6.56. The lowest BCUT2D eigenvalue weighted by Crippen LogP contribution is -2.42. The number of amides is 3. The van der Waals surface area contributed by atoms with Crippen molar-refractivity contribution in [2.45, 2.75) is 20.3 Å². The highest BCUT2D eigenvalue weighted by atomic mass is 16.5. The lowest BCUT2D eigenvalue weighted by atomic mass is 10.1. The Morgan fingerprint density at radius 2 is 2.00 bits per heavy atom. The molecule has 2 N–H and O–H groups in total. The highest BCUT2D eigenvalue weighted by Crippen LogP contribution is 2.15. The molecule has 0 aromatic heterocycles. The number of imide groups is 1. The maximum absolute atomic E-state index is 11.5. The van der Waals surface area contributed by atoms with Crippen molar-refractivity contribution < 1.29 is 19.1 Å². The highest BCUT2D eigenvalue weighted by Gasteiger charge is 2.09. The van der Waals surface area contributed by atoms with Crippen LogP contribution < -0.4 is 15.4 Å². The zero-order chi connectivity index (χ0) is 15.7. The summed E-state index contributed by atoms with van der Waals surface area (Å²) in [6.45, 7) is 4.26. The van der Waals surface area contributed by atoms with Gasteiger partial charge in [-0.25, -0.2) is 4.79 Å². The molecule has 0 radical (unpaired) electrons. The number of urea groups is 1. The van der Waals surface area contributed by atoms with Gasteiger partial charge in [-0.2, -0.15) is 0 Å². The first-order valence-electron chi connectivity index (χ1n) is 6.77. The van der Waals surface area contributed by atoms with Gasteiger partial charge in [0.1, 0.15) is 5.75 Å². The lowest BCUT2D eigenvalue weighted by Gasteiger charge is -2.09. The van der Waals surface area contributed by atoms with E-state index < -0.39 is 11.9 Å². The summed E-state index contributed by atoms with van der Waals surface area (Å²) >= 11 is 0. The molecule has 6 nitrogen and oxygen atoms in total. The predicted molar refractivity (Wildman–Crippen MR) is 78.3 cm³/mol. The molecule has 0 aliphatic heterocycles. The molecule has 1 aromatic carbocycles. The Hall–Kier alpha value is -2.37. The van der Waals surface area contributed by atoms with Gasteiger partial charge in [-0.15, -0.1) is 0 Å². The predicted octanol–water partition coefficient (Wildman–Crippen LogP) is 1.75. The third-order valence-electron chi connectivity index (χ3n) is 2.66. The summed E-state index contributed by atoms with van der Waals surface area (Å²) < 4.78 is 5.21. The summed E-state index contributed by atoms with van der Waals surface area (Å²) in [7, 11) is 0. The Balaban J connectivity index is 2.33. The van der Waals surface area contributed by atoms with Crippen LogP contribution in [0.4, 0.5) is 4.79 Å². The summed E-state index contributed by atoms with van der Waals surface area (Å²) in [6.07, 6.45) is 1.48. The zero-order valence-electron chi connectivity index (χ0n) is 12.2. The first-order chi connectivity index (χ1) is 10.0. The van der Waals surface area contributed by atoms with Crippen molar-refractivity contribution >= 4 is 18.2 Å². The van der Waals surface area contributed by atoms with Gasteiger partial charge in [0.15, 0.2) is 12.9 Å². The smallest absolute Gasteiger partial charge is 0.321 e. The van der Waals surface area contributed by atoms with E-state index in [0.29, 0.717) is 30.1 Å².